The number of allylic oxidation sites excluding steroid dienone is 1. The summed E-state index contributed by atoms with van der Waals surface area (Å²) in [6.45, 7) is 7.20. The zero-order valence-electron chi connectivity index (χ0n) is 21.7. The van der Waals surface area contributed by atoms with Crippen molar-refractivity contribution in [2.75, 3.05) is 37.7 Å². The fourth-order valence-corrected chi connectivity index (χ4v) is 5.28. The number of carbonyl (C=O) groups is 1. The van der Waals surface area contributed by atoms with Gasteiger partial charge in [-0.3, -0.25) is 0 Å². The number of anilines is 1. The predicted octanol–water partition coefficient (Wildman–Crippen LogP) is 5.89. The fraction of sp³-hybridized carbons (Fsp3) is 0.467. The van der Waals surface area contributed by atoms with Crippen molar-refractivity contribution in [3.05, 3.63) is 53.6 Å². The van der Waals surface area contributed by atoms with Crippen molar-refractivity contribution in [2.45, 2.75) is 58.1 Å². The van der Waals surface area contributed by atoms with Gasteiger partial charge in [0.15, 0.2) is 0 Å². The minimum absolute atomic E-state index is 0.170. The zero-order valence-corrected chi connectivity index (χ0v) is 21.7. The van der Waals surface area contributed by atoms with Gasteiger partial charge in [-0.25, -0.2) is 4.79 Å². The van der Waals surface area contributed by atoms with Crippen LogP contribution in [-0.2, 0) is 4.74 Å². The van der Waals surface area contributed by atoms with Crippen molar-refractivity contribution in [3.8, 4) is 17.6 Å². The molecule has 2 aromatic carbocycles. The molecule has 194 valence electrons. The fourth-order valence-electron chi connectivity index (χ4n) is 5.28. The first kappa shape index (κ1) is 25.2. The lowest BCUT2D eigenvalue weighted by molar-refractivity contribution is 0.0256. The summed E-state index contributed by atoms with van der Waals surface area (Å²) in [5.41, 5.74) is 4.70. The Balaban J connectivity index is 1.44. The SMILES string of the molecule is CCN(CC)C(=O)Oc1ccc(C2=C(C#N)c3ccc(OC4CCOCC4)cc3N(C3CCC3)C2)cc1. The second-order valence-corrected chi connectivity index (χ2v) is 9.85. The highest BCUT2D eigenvalue weighted by Crippen LogP contribution is 2.44. The molecule has 7 nitrogen and oxygen atoms in total. The number of benzene rings is 2. The summed E-state index contributed by atoms with van der Waals surface area (Å²) in [7, 11) is 0. The van der Waals surface area contributed by atoms with E-state index >= 15 is 0 Å². The van der Waals surface area contributed by atoms with Crippen LogP contribution in [0.4, 0.5) is 10.5 Å². The summed E-state index contributed by atoms with van der Waals surface area (Å²) in [5, 5.41) is 10.2. The van der Waals surface area contributed by atoms with Gasteiger partial charge in [0.25, 0.3) is 0 Å². The monoisotopic (exact) mass is 501 g/mol. The zero-order chi connectivity index (χ0) is 25.8. The number of hydrogen-bond donors (Lipinski definition) is 0. The van der Waals surface area contributed by atoms with E-state index in [4.69, 9.17) is 14.2 Å². The van der Waals surface area contributed by atoms with Crippen molar-refractivity contribution < 1.29 is 19.0 Å². The van der Waals surface area contributed by atoms with Crippen LogP contribution in [0, 0.1) is 11.3 Å². The summed E-state index contributed by atoms with van der Waals surface area (Å²) in [4.78, 5) is 16.4. The van der Waals surface area contributed by atoms with Crippen molar-refractivity contribution in [3.63, 3.8) is 0 Å². The Morgan fingerprint density at radius 1 is 1.05 bits per heavy atom. The summed E-state index contributed by atoms with van der Waals surface area (Å²) in [6, 6.07) is 16.6. The van der Waals surface area contributed by atoms with Gasteiger partial charge in [-0.15, -0.1) is 0 Å². The number of rotatable bonds is 7. The van der Waals surface area contributed by atoms with E-state index in [0.29, 0.717) is 37.0 Å². The van der Waals surface area contributed by atoms with Crippen LogP contribution in [0.15, 0.2) is 42.5 Å². The molecule has 7 heteroatoms. The molecule has 1 aliphatic carbocycles. The smallest absolute Gasteiger partial charge is 0.415 e. The second-order valence-electron chi connectivity index (χ2n) is 9.85. The van der Waals surface area contributed by atoms with Gasteiger partial charge in [0.2, 0.25) is 0 Å². The van der Waals surface area contributed by atoms with Crippen LogP contribution >= 0.6 is 0 Å². The number of amides is 1. The maximum Gasteiger partial charge on any atom is 0.415 e. The lowest BCUT2D eigenvalue weighted by Crippen LogP contribution is -2.43. The predicted molar refractivity (Wildman–Crippen MR) is 144 cm³/mol. The molecule has 2 heterocycles. The van der Waals surface area contributed by atoms with Crippen molar-refractivity contribution >= 4 is 22.9 Å². The third-order valence-electron chi connectivity index (χ3n) is 7.71. The average molecular weight is 502 g/mol. The van der Waals surface area contributed by atoms with Crippen molar-refractivity contribution in [2.24, 2.45) is 0 Å². The standard InChI is InChI=1S/C30H35N3O4/c1-3-32(4-2)30(34)37-23-10-8-21(9-11-23)28-20-33(22-6-5-7-22)29-18-25(12-13-26(29)27(28)19-31)36-24-14-16-35-17-15-24/h8-13,18,22,24H,3-7,14-17,20H2,1-2H3. The third-order valence-corrected chi connectivity index (χ3v) is 7.71. The second kappa shape index (κ2) is 11.3. The van der Waals surface area contributed by atoms with E-state index in [1.165, 1.54) is 6.42 Å². The highest BCUT2D eigenvalue weighted by molar-refractivity contribution is 6.04. The van der Waals surface area contributed by atoms with Crippen LogP contribution in [0.2, 0.25) is 0 Å². The van der Waals surface area contributed by atoms with Crippen molar-refractivity contribution in [1.82, 2.24) is 4.90 Å². The van der Waals surface area contributed by atoms with E-state index in [9.17, 15) is 10.1 Å². The van der Waals surface area contributed by atoms with E-state index < -0.39 is 0 Å². The molecule has 2 aromatic rings. The molecule has 2 aliphatic heterocycles. The van der Waals surface area contributed by atoms with Gasteiger partial charge in [0.05, 0.1) is 18.8 Å². The first-order chi connectivity index (χ1) is 18.1. The minimum atomic E-state index is -0.351. The molecule has 0 N–H and O–H groups in total. The minimum Gasteiger partial charge on any atom is -0.490 e. The van der Waals surface area contributed by atoms with Gasteiger partial charge in [-0.1, -0.05) is 12.1 Å². The molecule has 5 rings (SSSR count). The first-order valence-electron chi connectivity index (χ1n) is 13.5. The number of nitriles is 1. The van der Waals surface area contributed by atoms with Crippen molar-refractivity contribution in [1.29, 1.82) is 5.26 Å². The van der Waals surface area contributed by atoms with Gasteiger partial charge in [-0.05, 0) is 68.5 Å². The van der Waals surface area contributed by atoms with E-state index in [0.717, 1.165) is 67.0 Å². The quantitative estimate of drug-likeness (QED) is 0.471. The number of hydrogen-bond acceptors (Lipinski definition) is 6. The molecule has 0 aromatic heterocycles. The largest absolute Gasteiger partial charge is 0.490 e. The van der Waals surface area contributed by atoms with Crippen LogP contribution in [0.1, 0.15) is 57.1 Å². The van der Waals surface area contributed by atoms with Crippen LogP contribution in [0.3, 0.4) is 0 Å². The molecule has 0 spiro atoms. The molecule has 1 amide bonds. The van der Waals surface area contributed by atoms with Crippen LogP contribution in [0.5, 0.6) is 11.5 Å². The molecule has 1 saturated carbocycles. The molecular weight excluding hydrogens is 466 g/mol. The van der Waals surface area contributed by atoms with Gasteiger partial charge >= 0.3 is 6.09 Å². The van der Waals surface area contributed by atoms with Gasteiger partial charge in [0.1, 0.15) is 23.7 Å². The lowest BCUT2D eigenvalue weighted by Gasteiger charge is -2.43. The molecule has 0 atom stereocenters. The lowest BCUT2D eigenvalue weighted by atomic mass is 9.85. The average Bonchev–Trinajstić information content (AvgIpc) is 2.89. The first-order valence-corrected chi connectivity index (χ1v) is 13.5. The van der Waals surface area contributed by atoms with Gasteiger partial charge in [0, 0.05) is 55.8 Å². The number of ether oxygens (including phenoxy) is 3. The normalized spacial score (nSPS) is 18.0. The molecule has 37 heavy (non-hydrogen) atoms. The third kappa shape index (κ3) is 5.30. The van der Waals surface area contributed by atoms with E-state index in [1.807, 2.05) is 50.2 Å². The Labute approximate surface area is 219 Å². The highest BCUT2D eigenvalue weighted by atomic mass is 16.6. The van der Waals surface area contributed by atoms with E-state index in [2.05, 4.69) is 17.0 Å². The Hall–Kier alpha value is -3.50. The Bertz CT molecular complexity index is 1190. The number of carbonyl (C=O) groups excluding carboxylic acids is 1. The summed E-state index contributed by atoms with van der Waals surface area (Å²) in [6.07, 6.45) is 5.15. The van der Waals surface area contributed by atoms with Crippen LogP contribution in [-0.4, -0.2) is 56.0 Å². The molecule has 1 saturated heterocycles. The topological polar surface area (TPSA) is 75.0 Å². The maximum absolute atomic E-state index is 12.3. The van der Waals surface area contributed by atoms with E-state index in [1.54, 1.807) is 4.90 Å². The number of nitrogens with zero attached hydrogens (tertiary/aromatic N) is 3. The molecule has 2 fully saturated rings. The molecule has 0 radical (unpaired) electrons. The summed E-state index contributed by atoms with van der Waals surface area (Å²) >= 11 is 0. The molecule has 3 aliphatic rings. The highest BCUT2D eigenvalue weighted by Gasteiger charge is 2.33. The Morgan fingerprint density at radius 3 is 2.38 bits per heavy atom. The Morgan fingerprint density at radius 2 is 1.76 bits per heavy atom. The molecule has 0 unspecified atom stereocenters. The summed E-state index contributed by atoms with van der Waals surface area (Å²) < 4.78 is 17.3. The van der Waals surface area contributed by atoms with Crippen LogP contribution < -0.4 is 14.4 Å². The molecular formula is C30H35N3O4. The summed E-state index contributed by atoms with van der Waals surface area (Å²) in [5.74, 6) is 1.36. The van der Waals surface area contributed by atoms with Gasteiger partial charge < -0.3 is 24.0 Å². The maximum atomic E-state index is 12.3. The number of fused-ring (bicyclic) bond motifs is 1. The Kier molecular flexibility index (Phi) is 7.66. The van der Waals surface area contributed by atoms with Crippen LogP contribution in [0.25, 0.3) is 11.1 Å². The van der Waals surface area contributed by atoms with Gasteiger partial charge in [-0.2, -0.15) is 5.26 Å². The van der Waals surface area contributed by atoms with E-state index in [-0.39, 0.29) is 12.2 Å². The molecule has 0 bridgehead atoms.